The standard InChI is InChI=1S/C14H20BrNOS/c1-11-8-12(10-13(15)9-11)14(17)16-6-4-3-5-7-18-2/h8-10H,3-7H2,1-2H3,(H,16,17). The van der Waals surface area contributed by atoms with Crippen LogP contribution in [0.4, 0.5) is 0 Å². The molecule has 0 unspecified atom stereocenters. The molecular formula is C14H20BrNOS. The molecule has 0 fully saturated rings. The second-order valence-corrected chi connectivity index (χ2v) is 6.23. The van der Waals surface area contributed by atoms with Crippen molar-refractivity contribution >= 4 is 33.6 Å². The van der Waals surface area contributed by atoms with E-state index >= 15 is 0 Å². The maximum Gasteiger partial charge on any atom is 0.251 e. The molecule has 0 saturated heterocycles. The summed E-state index contributed by atoms with van der Waals surface area (Å²) in [7, 11) is 0. The number of rotatable bonds is 7. The van der Waals surface area contributed by atoms with Crippen molar-refractivity contribution in [3.63, 3.8) is 0 Å². The van der Waals surface area contributed by atoms with E-state index < -0.39 is 0 Å². The number of nitrogens with one attached hydrogen (secondary N) is 1. The lowest BCUT2D eigenvalue weighted by molar-refractivity contribution is 0.0953. The summed E-state index contributed by atoms with van der Waals surface area (Å²) >= 11 is 5.28. The van der Waals surface area contributed by atoms with Gasteiger partial charge in [0.2, 0.25) is 0 Å². The average molecular weight is 330 g/mol. The smallest absolute Gasteiger partial charge is 0.251 e. The minimum Gasteiger partial charge on any atom is -0.352 e. The van der Waals surface area contributed by atoms with E-state index in [2.05, 4.69) is 27.5 Å². The van der Waals surface area contributed by atoms with Crippen LogP contribution in [0.25, 0.3) is 0 Å². The molecular weight excluding hydrogens is 310 g/mol. The molecule has 0 spiro atoms. The van der Waals surface area contributed by atoms with Crippen LogP contribution in [0, 0.1) is 6.92 Å². The van der Waals surface area contributed by atoms with Crippen LogP contribution in [0.5, 0.6) is 0 Å². The Labute approximate surface area is 122 Å². The van der Waals surface area contributed by atoms with E-state index in [1.165, 1.54) is 18.6 Å². The lowest BCUT2D eigenvalue weighted by Gasteiger charge is -2.06. The molecule has 1 aromatic carbocycles. The normalized spacial score (nSPS) is 10.4. The van der Waals surface area contributed by atoms with Gasteiger partial charge in [0, 0.05) is 16.6 Å². The van der Waals surface area contributed by atoms with Crippen molar-refractivity contribution < 1.29 is 4.79 Å². The lowest BCUT2D eigenvalue weighted by atomic mass is 10.1. The highest BCUT2D eigenvalue weighted by molar-refractivity contribution is 9.10. The Bertz CT molecular complexity index is 375. The van der Waals surface area contributed by atoms with E-state index in [-0.39, 0.29) is 5.91 Å². The zero-order valence-corrected chi connectivity index (χ0v) is 13.4. The third-order valence-corrected chi connectivity index (χ3v) is 3.77. The van der Waals surface area contributed by atoms with Crippen LogP contribution in [-0.2, 0) is 0 Å². The number of hydrogen-bond donors (Lipinski definition) is 1. The van der Waals surface area contributed by atoms with Gasteiger partial charge >= 0.3 is 0 Å². The van der Waals surface area contributed by atoms with E-state index in [9.17, 15) is 4.79 Å². The van der Waals surface area contributed by atoms with E-state index in [0.717, 1.165) is 28.6 Å². The van der Waals surface area contributed by atoms with Gasteiger partial charge in [-0.05, 0) is 55.5 Å². The molecule has 0 radical (unpaired) electrons. The predicted octanol–water partition coefficient (Wildman–Crippen LogP) is 4.02. The van der Waals surface area contributed by atoms with Crippen LogP contribution in [0.2, 0.25) is 0 Å². The maximum atomic E-state index is 11.9. The molecule has 0 aliphatic rings. The van der Waals surface area contributed by atoms with Gasteiger partial charge in [-0.15, -0.1) is 0 Å². The number of halogens is 1. The Morgan fingerprint density at radius 1 is 1.28 bits per heavy atom. The number of unbranched alkanes of at least 4 members (excludes halogenated alkanes) is 2. The third kappa shape index (κ3) is 5.91. The lowest BCUT2D eigenvalue weighted by Crippen LogP contribution is -2.24. The number of thioether (sulfide) groups is 1. The molecule has 100 valence electrons. The number of carbonyl (C=O) groups excluding carboxylic acids is 1. The summed E-state index contributed by atoms with van der Waals surface area (Å²) in [6.07, 6.45) is 5.59. The Kier molecular flexibility index (Phi) is 7.44. The molecule has 0 aliphatic heterocycles. The average Bonchev–Trinajstić information content (AvgIpc) is 2.32. The van der Waals surface area contributed by atoms with Crippen molar-refractivity contribution in [1.29, 1.82) is 0 Å². The molecule has 18 heavy (non-hydrogen) atoms. The largest absolute Gasteiger partial charge is 0.352 e. The second kappa shape index (κ2) is 8.59. The zero-order valence-electron chi connectivity index (χ0n) is 11.0. The van der Waals surface area contributed by atoms with Gasteiger partial charge in [-0.2, -0.15) is 11.8 Å². The molecule has 0 bridgehead atoms. The van der Waals surface area contributed by atoms with Gasteiger partial charge < -0.3 is 5.32 Å². The molecule has 1 N–H and O–H groups in total. The van der Waals surface area contributed by atoms with Crippen molar-refractivity contribution in [3.8, 4) is 0 Å². The van der Waals surface area contributed by atoms with Crippen LogP contribution >= 0.6 is 27.7 Å². The van der Waals surface area contributed by atoms with Crippen molar-refractivity contribution in [1.82, 2.24) is 5.32 Å². The molecule has 1 rings (SSSR count). The summed E-state index contributed by atoms with van der Waals surface area (Å²) in [4.78, 5) is 11.9. The van der Waals surface area contributed by atoms with Gasteiger partial charge in [-0.3, -0.25) is 4.79 Å². The summed E-state index contributed by atoms with van der Waals surface area (Å²) in [5.74, 6) is 1.22. The van der Waals surface area contributed by atoms with Gasteiger partial charge in [0.1, 0.15) is 0 Å². The highest BCUT2D eigenvalue weighted by Crippen LogP contribution is 2.15. The van der Waals surface area contributed by atoms with Crippen LogP contribution in [-0.4, -0.2) is 24.5 Å². The van der Waals surface area contributed by atoms with Crippen molar-refractivity contribution in [2.45, 2.75) is 26.2 Å². The fraction of sp³-hybridized carbons (Fsp3) is 0.500. The molecule has 0 aromatic heterocycles. The Balaban J connectivity index is 2.32. The number of amides is 1. The minimum atomic E-state index is 0.0178. The van der Waals surface area contributed by atoms with Gasteiger partial charge in [0.05, 0.1) is 0 Å². The predicted molar refractivity (Wildman–Crippen MR) is 83.4 cm³/mol. The van der Waals surface area contributed by atoms with Gasteiger partial charge in [0.15, 0.2) is 0 Å². The molecule has 0 saturated carbocycles. The van der Waals surface area contributed by atoms with Crippen LogP contribution in [0.15, 0.2) is 22.7 Å². The van der Waals surface area contributed by atoms with Crippen LogP contribution in [0.3, 0.4) is 0 Å². The van der Waals surface area contributed by atoms with Gasteiger partial charge in [-0.1, -0.05) is 22.4 Å². The molecule has 0 heterocycles. The number of carbonyl (C=O) groups is 1. The topological polar surface area (TPSA) is 29.1 Å². The summed E-state index contributed by atoms with van der Waals surface area (Å²) in [6, 6.07) is 5.77. The number of benzene rings is 1. The van der Waals surface area contributed by atoms with E-state index in [0.29, 0.717) is 0 Å². The first kappa shape index (κ1) is 15.6. The Hall–Kier alpha value is -0.480. The third-order valence-electron chi connectivity index (χ3n) is 2.62. The monoisotopic (exact) mass is 329 g/mol. The SMILES string of the molecule is CSCCCCCNC(=O)c1cc(C)cc(Br)c1. The van der Waals surface area contributed by atoms with E-state index in [4.69, 9.17) is 0 Å². The van der Waals surface area contributed by atoms with Crippen molar-refractivity contribution in [3.05, 3.63) is 33.8 Å². The Morgan fingerprint density at radius 3 is 2.72 bits per heavy atom. The minimum absolute atomic E-state index is 0.0178. The molecule has 1 aromatic rings. The summed E-state index contributed by atoms with van der Waals surface area (Å²) < 4.78 is 0.952. The Morgan fingerprint density at radius 2 is 2.06 bits per heavy atom. The van der Waals surface area contributed by atoms with E-state index in [1.54, 1.807) is 0 Å². The number of hydrogen-bond acceptors (Lipinski definition) is 2. The van der Waals surface area contributed by atoms with E-state index in [1.807, 2.05) is 36.9 Å². The first-order chi connectivity index (χ1) is 8.63. The fourth-order valence-corrected chi connectivity index (χ4v) is 2.82. The summed E-state index contributed by atoms with van der Waals surface area (Å²) in [5, 5.41) is 2.96. The molecule has 2 nitrogen and oxygen atoms in total. The molecule has 1 amide bonds. The van der Waals surface area contributed by atoms with Gasteiger partial charge in [0.25, 0.3) is 5.91 Å². The molecule has 4 heteroatoms. The quantitative estimate of drug-likeness (QED) is 0.765. The summed E-state index contributed by atoms with van der Waals surface area (Å²) in [6.45, 7) is 2.75. The van der Waals surface area contributed by atoms with Crippen molar-refractivity contribution in [2.24, 2.45) is 0 Å². The maximum absolute atomic E-state index is 11.9. The van der Waals surface area contributed by atoms with Crippen LogP contribution in [0.1, 0.15) is 35.2 Å². The highest BCUT2D eigenvalue weighted by Gasteiger charge is 2.06. The highest BCUT2D eigenvalue weighted by atomic mass is 79.9. The molecule has 0 atom stereocenters. The summed E-state index contributed by atoms with van der Waals surface area (Å²) in [5.41, 5.74) is 1.82. The van der Waals surface area contributed by atoms with Gasteiger partial charge in [-0.25, -0.2) is 0 Å². The van der Waals surface area contributed by atoms with Crippen molar-refractivity contribution in [2.75, 3.05) is 18.6 Å². The second-order valence-electron chi connectivity index (χ2n) is 4.33. The van der Waals surface area contributed by atoms with Crippen LogP contribution < -0.4 is 5.32 Å². The first-order valence-electron chi connectivity index (χ1n) is 6.18. The number of aryl methyl sites for hydroxylation is 1. The fourth-order valence-electron chi connectivity index (χ4n) is 1.72. The first-order valence-corrected chi connectivity index (χ1v) is 8.36. The molecule has 0 aliphatic carbocycles. The zero-order chi connectivity index (χ0) is 13.4.